The Balaban J connectivity index is 1.22. The van der Waals surface area contributed by atoms with Gasteiger partial charge in [0.05, 0.1) is 11.6 Å². The number of nitrogens with zero attached hydrogens (tertiary/aromatic N) is 4. The molecule has 1 aliphatic heterocycles. The molecular formula is C33H36FN5O2. The quantitative estimate of drug-likeness (QED) is 0.295. The van der Waals surface area contributed by atoms with E-state index in [9.17, 15) is 14.0 Å². The van der Waals surface area contributed by atoms with Gasteiger partial charge in [-0.3, -0.25) is 14.5 Å². The highest BCUT2D eigenvalue weighted by molar-refractivity contribution is 5.98. The van der Waals surface area contributed by atoms with Crippen LogP contribution in [-0.2, 0) is 11.3 Å². The van der Waals surface area contributed by atoms with Gasteiger partial charge in [-0.05, 0) is 72.1 Å². The third-order valence-electron chi connectivity index (χ3n) is 7.70. The zero-order valence-electron chi connectivity index (χ0n) is 23.8. The number of amides is 2. The van der Waals surface area contributed by atoms with Gasteiger partial charge in [-0.1, -0.05) is 31.2 Å². The summed E-state index contributed by atoms with van der Waals surface area (Å²) in [5, 5.41) is 3.77. The standard InChI is InChI=1S/C33H36FN5O2/c1-4-31(25-8-12-28(34)13-9-25)37(3)33(41)27-10-14-30-26(21-27)11-15-32(36-30)39-18-16-38(17-19-39)22-24-6-5-7-29(20-24)35-23(2)40/h5-15,20-21,31H,4,16-19,22H2,1-3H3,(H,35,40). The van der Waals surface area contributed by atoms with Crippen LogP contribution in [0.1, 0.15) is 47.8 Å². The molecule has 212 valence electrons. The maximum Gasteiger partial charge on any atom is 0.254 e. The van der Waals surface area contributed by atoms with Gasteiger partial charge >= 0.3 is 0 Å². The number of nitrogens with one attached hydrogen (secondary N) is 1. The average molecular weight is 554 g/mol. The van der Waals surface area contributed by atoms with Gasteiger partial charge in [-0.25, -0.2) is 9.37 Å². The van der Waals surface area contributed by atoms with Crippen LogP contribution < -0.4 is 10.2 Å². The van der Waals surface area contributed by atoms with Crippen molar-refractivity contribution in [3.8, 4) is 0 Å². The second-order valence-electron chi connectivity index (χ2n) is 10.6. The Morgan fingerprint density at radius 3 is 2.44 bits per heavy atom. The molecule has 0 spiro atoms. The molecule has 1 atom stereocenters. The van der Waals surface area contributed by atoms with Crippen LogP contribution in [0.3, 0.4) is 0 Å². The van der Waals surface area contributed by atoms with Crippen LogP contribution in [-0.4, -0.2) is 59.8 Å². The molecular weight excluding hydrogens is 517 g/mol. The van der Waals surface area contributed by atoms with E-state index in [2.05, 4.69) is 21.2 Å². The van der Waals surface area contributed by atoms with Crippen LogP contribution in [0, 0.1) is 5.82 Å². The minimum Gasteiger partial charge on any atom is -0.354 e. The Kier molecular flexibility index (Phi) is 8.59. The van der Waals surface area contributed by atoms with Crippen molar-refractivity contribution in [1.82, 2.24) is 14.8 Å². The number of aromatic nitrogens is 1. The third kappa shape index (κ3) is 6.72. The van der Waals surface area contributed by atoms with E-state index in [0.717, 1.165) is 67.1 Å². The van der Waals surface area contributed by atoms with E-state index in [0.29, 0.717) is 5.56 Å². The highest BCUT2D eigenvalue weighted by atomic mass is 19.1. The molecule has 0 saturated carbocycles. The average Bonchev–Trinajstić information content (AvgIpc) is 2.98. The van der Waals surface area contributed by atoms with Crippen LogP contribution in [0.2, 0.25) is 0 Å². The number of fused-ring (bicyclic) bond motifs is 1. The lowest BCUT2D eigenvalue weighted by atomic mass is 10.0. The second kappa shape index (κ2) is 12.5. The molecule has 1 fully saturated rings. The minimum atomic E-state index is -0.286. The number of anilines is 2. The Labute approximate surface area is 240 Å². The summed E-state index contributed by atoms with van der Waals surface area (Å²) in [6, 6.07) is 23.9. The highest BCUT2D eigenvalue weighted by Gasteiger charge is 2.22. The van der Waals surface area contributed by atoms with Gasteiger partial charge in [-0.2, -0.15) is 0 Å². The predicted molar refractivity (Wildman–Crippen MR) is 162 cm³/mol. The van der Waals surface area contributed by atoms with Crippen molar-refractivity contribution in [1.29, 1.82) is 0 Å². The molecule has 3 aromatic carbocycles. The fraction of sp³-hybridized carbons (Fsp3) is 0.303. The van der Waals surface area contributed by atoms with Gasteiger partial charge in [0.1, 0.15) is 11.6 Å². The molecule has 1 aliphatic rings. The molecule has 1 N–H and O–H groups in total. The predicted octanol–water partition coefficient (Wildman–Crippen LogP) is 5.88. The molecule has 0 aliphatic carbocycles. The molecule has 1 saturated heterocycles. The molecule has 1 unspecified atom stereocenters. The van der Waals surface area contributed by atoms with Crippen LogP contribution in [0.4, 0.5) is 15.9 Å². The van der Waals surface area contributed by atoms with Crippen LogP contribution in [0.5, 0.6) is 0 Å². The summed E-state index contributed by atoms with van der Waals surface area (Å²) in [4.78, 5) is 36.1. The van der Waals surface area contributed by atoms with Gasteiger partial charge in [0.2, 0.25) is 5.91 Å². The lowest BCUT2D eigenvalue weighted by Crippen LogP contribution is -2.46. The Bertz CT molecular complexity index is 1530. The Hall–Kier alpha value is -4.30. The summed E-state index contributed by atoms with van der Waals surface area (Å²) in [6.45, 7) is 7.93. The van der Waals surface area contributed by atoms with Crippen LogP contribution in [0.25, 0.3) is 10.9 Å². The SMILES string of the molecule is CCC(c1ccc(F)cc1)N(C)C(=O)c1ccc2nc(N3CCN(Cc4cccc(NC(C)=O)c4)CC3)ccc2c1. The first-order valence-electron chi connectivity index (χ1n) is 14.1. The maximum absolute atomic E-state index is 13.4. The molecule has 1 aromatic heterocycles. The van der Waals surface area contributed by atoms with E-state index >= 15 is 0 Å². The Morgan fingerprint density at radius 2 is 1.73 bits per heavy atom. The smallest absolute Gasteiger partial charge is 0.254 e. The van der Waals surface area contributed by atoms with Crippen molar-refractivity contribution in [2.45, 2.75) is 32.9 Å². The number of pyridine rings is 1. The molecule has 0 bridgehead atoms. The van der Waals surface area contributed by atoms with Crippen LogP contribution >= 0.6 is 0 Å². The number of rotatable bonds is 8. The lowest BCUT2D eigenvalue weighted by molar-refractivity contribution is -0.114. The largest absolute Gasteiger partial charge is 0.354 e. The lowest BCUT2D eigenvalue weighted by Gasteiger charge is -2.35. The molecule has 2 amide bonds. The second-order valence-corrected chi connectivity index (χ2v) is 10.6. The molecule has 41 heavy (non-hydrogen) atoms. The molecule has 8 heteroatoms. The minimum absolute atomic E-state index is 0.0687. The highest BCUT2D eigenvalue weighted by Crippen LogP contribution is 2.27. The third-order valence-corrected chi connectivity index (χ3v) is 7.70. The van der Waals surface area contributed by atoms with Gasteiger partial charge in [0, 0.05) is 63.3 Å². The van der Waals surface area contributed by atoms with E-state index in [4.69, 9.17) is 4.98 Å². The van der Waals surface area contributed by atoms with Crippen molar-refractivity contribution in [3.63, 3.8) is 0 Å². The number of piperazine rings is 1. The van der Waals surface area contributed by atoms with E-state index in [-0.39, 0.29) is 23.7 Å². The number of carbonyl (C=O) groups is 2. The topological polar surface area (TPSA) is 68.8 Å². The van der Waals surface area contributed by atoms with Gasteiger partial charge < -0.3 is 15.1 Å². The normalized spacial score (nSPS) is 14.6. The van der Waals surface area contributed by atoms with Crippen molar-refractivity contribution in [3.05, 3.63) is 101 Å². The summed E-state index contributed by atoms with van der Waals surface area (Å²) in [5.74, 6) is 0.501. The van der Waals surface area contributed by atoms with Crippen LogP contribution in [0.15, 0.2) is 78.9 Å². The number of benzene rings is 3. The first kappa shape index (κ1) is 28.2. The summed E-state index contributed by atoms with van der Waals surface area (Å²) >= 11 is 0. The zero-order chi connectivity index (χ0) is 28.9. The Morgan fingerprint density at radius 1 is 0.976 bits per heavy atom. The van der Waals surface area contributed by atoms with Crippen molar-refractivity contribution >= 4 is 34.2 Å². The number of carbonyl (C=O) groups excluding carboxylic acids is 2. The zero-order valence-corrected chi connectivity index (χ0v) is 23.8. The van der Waals surface area contributed by atoms with E-state index in [1.165, 1.54) is 24.6 Å². The van der Waals surface area contributed by atoms with E-state index in [1.807, 2.05) is 55.5 Å². The van der Waals surface area contributed by atoms with Gasteiger partial charge in [-0.15, -0.1) is 0 Å². The summed E-state index contributed by atoms with van der Waals surface area (Å²) < 4.78 is 13.4. The summed E-state index contributed by atoms with van der Waals surface area (Å²) in [6.07, 6.45) is 0.725. The summed E-state index contributed by atoms with van der Waals surface area (Å²) in [5.41, 5.74) is 4.36. The number of halogens is 1. The number of hydrogen-bond donors (Lipinski definition) is 1. The number of hydrogen-bond acceptors (Lipinski definition) is 5. The van der Waals surface area contributed by atoms with Crippen molar-refractivity contribution in [2.24, 2.45) is 0 Å². The fourth-order valence-electron chi connectivity index (χ4n) is 5.53. The van der Waals surface area contributed by atoms with Crippen molar-refractivity contribution < 1.29 is 14.0 Å². The molecule has 2 heterocycles. The summed E-state index contributed by atoms with van der Waals surface area (Å²) in [7, 11) is 1.80. The maximum atomic E-state index is 13.4. The molecule has 4 aromatic rings. The van der Waals surface area contributed by atoms with E-state index in [1.54, 1.807) is 24.1 Å². The molecule has 7 nitrogen and oxygen atoms in total. The molecule has 5 rings (SSSR count). The van der Waals surface area contributed by atoms with Gasteiger partial charge in [0.25, 0.3) is 5.91 Å². The first-order valence-corrected chi connectivity index (χ1v) is 14.1. The monoisotopic (exact) mass is 553 g/mol. The van der Waals surface area contributed by atoms with Gasteiger partial charge in [0.15, 0.2) is 0 Å². The fourth-order valence-corrected chi connectivity index (χ4v) is 5.53. The van der Waals surface area contributed by atoms with Crippen molar-refractivity contribution in [2.75, 3.05) is 43.4 Å². The molecule has 0 radical (unpaired) electrons. The first-order chi connectivity index (χ1) is 19.8. The van der Waals surface area contributed by atoms with E-state index < -0.39 is 0 Å².